The third kappa shape index (κ3) is 5.56. The number of hydrogen-bond acceptors (Lipinski definition) is 4. The molecule has 0 aliphatic carbocycles. The number of nitrogens with one attached hydrogen (secondary N) is 2. The van der Waals surface area contributed by atoms with Crippen LogP contribution in [-0.4, -0.2) is 45.4 Å². The lowest BCUT2D eigenvalue weighted by atomic mass is 10.0. The van der Waals surface area contributed by atoms with E-state index in [9.17, 15) is 4.79 Å². The Hall–Kier alpha value is -1.89. The van der Waals surface area contributed by atoms with Crippen LogP contribution in [0.3, 0.4) is 0 Å². The van der Waals surface area contributed by atoms with Crippen LogP contribution in [0.25, 0.3) is 0 Å². The van der Waals surface area contributed by atoms with Crippen LogP contribution in [0, 0.1) is 6.92 Å². The number of ether oxygens (including phenoxy) is 2. The summed E-state index contributed by atoms with van der Waals surface area (Å²) in [5.41, 5.74) is 2.26. The molecule has 1 fully saturated rings. The maximum absolute atomic E-state index is 12.5. The monoisotopic (exact) mass is 403 g/mol. The van der Waals surface area contributed by atoms with E-state index >= 15 is 0 Å². The van der Waals surface area contributed by atoms with Crippen LogP contribution in [0.15, 0.2) is 35.7 Å². The number of hydrogen-bond donors (Lipinski definition) is 2. The zero-order valence-corrected chi connectivity index (χ0v) is 17.8. The average Bonchev–Trinajstić information content (AvgIpc) is 3.21. The van der Waals surface area contributed by atoms with E-state index in [1.807, 2.05) is 13.0 Å². The summed E-state index contributed by atoms with van der Waals surface area (Å²) < 4.78 is 11.4. The standard InChI is InChI=1S/C22H30N2O3S/c1-16(2)18-7-6-17(3)13-20(18)27-15-22(25)23-14-19(21-5-4-12-28-21)24-8-10-26-11-9-24/h4-7,12-13,16,19H,8-11,14-15H2,1-3H3,(H,23,25)/p+1/t19-/m1/s1. The van der Waals surface area contributed by atoms with Gasteiger partial charge in [0.1, 0.15) is 24.9 Å². The maximum atomic E-state index is 12.5. The molecule has 1 aliphatic rings. The van der Waals surface area contributed by atoms with Crippen LogP contribution in [0.2, 0.25) is 0 Å². The molecule has 1 aliphatic heterocycles. The molecule has 28 heavy (non-hydrogen) atoms. The SMILES string of the molecule is Cc1ccc(C(C)C)c(OCC(=O)NC[C@H](c2cccs2)[NH+]2CCOCC2)c1. The van der Waals surface area contributed by atoms with E-state index in [-0.39, 0.29) is 18.6 Å². The molecule has 1 saturated heterocycles. The number of benzene rings is 1. The second kappa shape index (κ2) is 10.0. The summed E-state index contributed by atoms with van der Waals surface area (Å²) in [4.78, 5) is 15.2. The zero-order valence-electron chi connectivity index (χ0n) is 17.0. The minimum atomic E-state index is -0.0783. The minimum absolute atomic E-state index is 0.0405. The summed E-state index contributed by atoms with van der Waals surface area (Å²) in [6.07, 6.45) is 0. The predicted molar refractivity (Wildman–Crippen MR) is 112 cm³/mol. The van der Waals surface area contributed by atoms with Gasteiger partial charge >= 0.3 is 0 Å². The fourth-order valence-electron chi connectivity index (χ4n) is 3.57. The van der Waals surface area contributed by atoms with Crippen LogP contribution in [0.1, 0.15) is 41.8 Å². The van der Waals surface area contributed by atoms with E-state index in [1.165, 1.54) is 9.78 Å². The minimum Gasteiger partial charge on any atom is -0.483 e. The number of amides is 1. The Kier molecular flexibility index (Phi) is 7.48. The van der Waals surface area contributed by atoms with Gasteiger partial charge in [0.15, 0.2) is 6.61 Å². The van der Waals surface area contributed by atoms with Gasteiger partial charge in [-0.05, 0) is 41.5 Å². The van der Waals surface area contributed by atoms with Crippen molar-refractivity contribution in [3.8, 4) is 5.75 Å². The second-order valence-corrected chi connectivity index (χ2v) is 8.61. The quantitative estimate of drug-likeness (QED) is 0.711. The number of morpholine rings is 1. The first-order valence-corrected chi connectivity index (χ1v) is 10.9. The number of carbonyl (C=O) groups excluding carboxylic acids is 1. The Morgan fingerprint density at radius 2 is 2.07 bits per heavy atom. The van der Waals surface area contributed by atoms with Gasteiger partial charge in [-0.2, -0.15) is 0 Å². The highest BCUT2D eigenvalue weighted by Gasteiger charge is 2.27. The van der Waals surface area contributed by atoms with Gasteiger partial charge in [-0.3, -0.25) is 4.79 Å². The summed E-state index contributed by atoms with van der Waals surface area (Å²) >= 11 is 1.75. The van der Waals surface area contributed by atoms with E-state index in [0.717, 1.165) is 43.2 Å². The van der Waals surface area contributed by atoms with Gasteiger partial charge < -0.3 is 19.7 Å². The molecule has 2 heterocycles. The summed E-state index contributed by atoms with van der Waals surface area (Å²) in [5, 5.41) is 5.18. The first kappa shape index (κ1) is 20.8. The maximum Gasteiger partial charge on any atom is 0.258 e. The third-order valence-corrected chi connectivity index (χ3v) is 6.15. The van der Waals surface area contributed by atoms with Gasteiger partial charge in [0.25, 0.3) is 5.91 Å². The molecule has 2 aromatic rings. The molecule has 1 atom stereocenters. The molecule has 1 amide bonds. The summed E-state index contributed by atoms with van der Waals surface area (Å²) in [5.74, 6) is 1.08. The molecule has 6 heteroatoms. The number of aryl methyl sites for hydroxylation is 1. The van der Waals surface area contributed by atoms with Crippen molar-refractivity contribution < 1.29 is 19.2 Å². The molecule has 2 N–H and O–H groups in total. The summed E-state index contributed by atoms with van der Waals surface area (Å²) in [6, 6.07) is 10.7. The largest absolute Gasteiger partial charge is 0.483 e. The van der Waals surface area contributed by atoms with Crippen molar-refractivity contribution in [3.05, 3.63) is 51.7 Å². The van der Waals surface area contributed by atoms with Crippen LogP contribution in [0.5, 0.6) is 5.75 Å². The van der Waals surface area contributed by atoms with Crippen molar-refractivity contribution >= 4 is 17.2 Å². The number of thiophene rings is 1. The van der Waals surface area contributed by atoms with Crippen LogP contribution >= 0.6 is 11.3 Å². The van der Waals surface area contributed by atoms with Crippen LogP contribution in [-0.2, 0) is 9.53 Å². The topological polar surface area (TPSA) is 52.0 Å². The van der Waals surface area contributed by atoms with Crippen molar-refractivity contribution in [1.82, 2.24) is 5.32 Å². The predicted octanol–water partition coefficient (Wildman–Crippen LogP) is 2.33. The molecule has 152 valence electrons. The van der Waals surface area contributed by atoms with Crippen molar-refractivity contribution in [1.29, 1.82) is 0 Å². The molecule has 5 nitrogen and oxygen atoms in total. The number of carbonyl (C=O) groups is 1. The lowest BCUT2D eigenvalue weighted by Crippen LogP contribution is -3.15. The normalized spacial score (nSPS) is 16.1. The van der Waals surface area contributed by atoms with Gasteiger partial charge in [-0.25, -0.2) is 0 Å². The fraction of sp³-hybridized carbons (Fsp3) is 0.500. The fourth-order valence-corrected chi connectivity index (χ4v) is 4.46. The zero-order chi connectivity index (χ0) is 19.9. The van der Waals surface area contributed by atoms with Gasteiger partial charge in [0.05, 0.1) is 24.6 Å². The van der Waals surface area contributed by atoms with Crippen LogP contribution < -0.4 is 15.0 Å². The summed E-state index contributed by atoms with van der Waals surface area (Å²) in [6.45, 7) is 10.4. The Morgan fingerprint density at radius 3 is 2.75 bits per heavy atom. The van der Waals surface area contributed by atoms with E-state index in [4.69, 9.17) is 9.47 Å². The molecule has 0 unspecified atom stereocenters. The molecule has 1 aromatic heterocycles. The van der Waals surface area contributed by atoms with Crippen molar-refractivity contribution in [3.63, 3.8) is 0 Å². The molecule has 0 saturated carbocycles. The highest BCUT2D eigenvalue weighted by atomic mass is 32.1. The van der Waals surface area contributed by atoms with E-state index in [2.05, 4.69) is 48.8 Å². The van der Waals surface area contributed by atoms with Gasteiger partial charge in [0.2, 0.25) is 0 Å². The molecule has 1 aromatic carbocycles. The lowest BCUT2D eigenvalue weighted by Gasteiger charge is -2.31. The smallest absolute Gasteiger partial charge is 0.258 e. The average molecular weight is 404 g/mol. The van der Waals surface area contributed by atoms with E-state index in [1.54, 1.807) is 11.3 Å². The Bertz CT molecular complexity index is 755. The van der Waals surface area contributed by atoms with Crippen molar-refractivity contribution in [2.24, 2.45) is 0 Å². The van der Waals surface area contributed by atoms with Crippen molar-refractivity contribution in [2.75, 3.05) is 39.5 Å². The Labute approximate surface area is 171 Å². The number of quaternary nitrogens is 1. The third-order valence-electron chi connectivity index (χ3n) is 5.17. The van der Waals surface area contributed by atoms with Gasteiger partial charge in [-0.1, -0.05) is 32.0 Å². The van der Waals surface area contributed by atoms with E-state index in [0.29, 0.717) is 12.5 Å². The molecule has 3 rings (SSSR count). The van der Waals surface area contributed by atoms with Gasteiger partial charge in [-0.15, -0.1) is 11.3 Å². The first-order valence-electron chi connectivity index (χ1n) is 10.0. The van der Waals surface area contributed by atoms with E-state index < -0.39 is 0 Å². The Balaban J connectivity index is 1.57. The number of rotatable bonds is 8. The van der Waals surface area contributed by atoms with Gasteiger partial charge in [0, 0.05) is 0 Å². The lowest BCUT2D eigenvalue weighted by molar-refractivity contribution is -0.937. The van der Waals surface area contributed by atoms with Crippen LogP contribution in [0.4, 0.5) is 0 Å². The highest BCUT2D eigenvalue weighted by molar-refractivity contribution is 7.10. The summed E-state index contributed by atoms with van der Waals surface area (Å²) in [7, 11) is 0. The Morgan fingerprint density at radius 1 is 1.29 bits per heavy atom. The molecule has 0 bridgehead atoms. The second-order valence-electron chi connectivity index (χ2n) is 7.63. The molecular weight excluding hydrogens is 372 g/mol. The highest BCUT2D eigenvalue weighted by Crippen LogP contribution is 2.27. The van der Waals surface area contributed by atoms with Crippen molar-refractivity contribution in [2.45, 2.75) is 32.7 Å². The molecular formula is C22H31N2O3S+. The molecule has 0 radical (unpaired) electrons. The molecule has 0 spiro atoms. The first-order chi connectivity index (χ1) is 13.5.